The summed E-state index contributed by atoms with van der Waals surface area (Å²) in [6.45, 7) is 8.11. The van der Waals surface area contributed by atoms with E-state index < -0.39 is 66.3 Å². The Balaban J connectivity index is 1.13. The van der Waals surface area contributed by atoms with E-state index >= 15 is 0 Å². The van der Waals surface area contributed by atoms with Gasteiger partial charge in [-0.05, 0) is 87.7 Å². The van der Waals surface area contributed by atoms with Crippen LogP contribution in [0.5, 0.6) is 11.5 Å². The topological polar surface area (TPSA) is 35.9 Å². The summed E-state index contributed by atoms with van der Waals surface area (Å²) >= 11 is 0. The van der Waals surface area contributed by atoms with Crippen molar-refractivity contribution in [1.82, 2.24) is 14.1 Å². The summed E-state index contributed by atoms with van der Waals surface area (Å²) in [7, 11) is 0. The van der Waals surface area contributed by atoms with Gasteiger partial charge in [0.15, 0.2) is 0 Å². The van der Waals surface area contributed by atoms with E-state index in [1.165, 1.54) is 0 Å². The fourth-order valence-electron chi connectivity index (χ4n) is 7.66. The number of nitrogens with zero attached hydrogens (tertiary/aromatic N) is 4. The predicted octanol–water partition coefficient (Wildman–Crippen LogP) is 13.5. The van der Waals surface area contributed by atoms with E-state index in [1.54, 1.807) is 33.5 Å². The number of pyridine rings is 1. The molecule has 0 fully saturated rings. The van der Waals surface area contributed by atoms with Gasteiger partial charge in [0.05, 0.1) is 47.1 Å². The standard InChI is InChI=1S/C54H44N4O/c1-37(54(2,3)4)40-31-32-55-52(33-40)58-48-26-12-11-23-46(48)47-30-29-43(35-51(47)58)59-42-22-15-21-41(34-42)56-36-57(50-28-14-13-27-49(50)56)53-44(38-17-7-5-8-18-38)24-16-25-45(53)39-19-9-6-10-20-39/h5-35,37H,1-4H3/i5D,6D,7D,8D,9D,10D,17D,18D,19D,20D,37D. The number of hydrogen-bond acceptors (Lipinski definition) is 2. The number of hydrogen-bond donors (Lipinski definition) is 0. The average Bonchev–Trinajstić information content (AvgIpc) is 3.90. The minimum absolute atomic E-state index is 0.136. The van der Waals surface area contributed by atoms with Crippen LogP contribution in [-0.4, -0.2) is 14.1 Å². The lowest BCUT2D eigenvalue weighted by atomic mass is 9.78. The van der Waals surface area contributed by atoms with Gasteiger partial charge in [0.2, 0.25) is 0 Å². The molecule has 0 radical (unpaired) electrons. The third-order valence-electron chi connectivity index (χ3n) is 10.9. The van der Waals surface area contributed by atoms with Crippen molar-refractivity contribution in [2.45, 2.75) is 33.6 Å². The van der Waals surface area contributed by atoms with Crippen LogP contribution < -0.4 is 9.30 Å². The van der Waals surface area contributed by atoms with Gasteiger partial charge in [0.1, 0.15) is 17.3 Å². The molecular weight excluding hydrogens is 721 g/mol. The second kappa shape index (κ2) is 14.6. The smallest absolute Gasteiger partial charge is 0.269 e. The molecule has 10 aromatic rings. The normalized spacial score (nSPS) is 15.5. The number of rotatable bonds is 8. The molecule has 0 aliphatic carbocycles. The first-order valence-electron chi connectivity index (χ1n) is 24.8. The van der Waals surface area contributed by atoms with Gasteiger partial charge in [-0.1, -0.05) is 155 Å². The highest BCUT2D eigenvalue weighted by Gasteiger charge is 2.24. The lowest BCUT2D eigenvalue weighted by Gasteiger charge is -2.27. The van der Waals surface area contributed by atoms with E-state index in [1.807, 2.05) is 97.9 Å². The second-order valence-electron chi connectivity index (χ2n) is 15.4. The second-order valence-corrected chi connectivity index (χ2v) is 15.4. The van der Waals surface area contributed by atoms with Crippen molar-refractivity contribution in [3.63, 3.8) is 0 Å². The Labute approximate surface area is 360 Å². The van der Waals surface area contributed by atoms with Crippen molar-refractivity contribution in [3.8, 4) is 50.9 Å². The van der Waals surface area contributed by atoms with E-state index in [0.717, 1.165) is 27.4 Å². The molecule has 0 bridgehead atoms. The fraction of sp³-hybridized carbons (Fsp3) is 0.111. The summed E-state index contributed by atoms with van der Waals surface area (Å²) in [6.07, 6.45) is 5.19. The fourth-order valence-corrected chi connectivity index (χ4v) is 7.66. The molecule has 0 aliphatic rings. The Morgan fingerprint density at radius 2 is 1.31 bits per heavy atom. The van der Waals surface area contributed by atoms with Gasteiger partial charge in [-0.25, -0.2) is 4.98 Å². The molecule has 286 valence electrons. The minimum atomic E-state index is -0.898. The summed E-state index contributed by atoms with van der Waals surface area (Å²) < 4.78 is 108. The maximum Gasteiger partial charge on any atom is 0.269 e. The molecule has 3 aromatic heterocycles. The summed E-state index contributed by atoms with van der Waals surface area (Å²) in [5.41, 5.74) is 4.33. The van der Waals surface area contributed by atoms with E-state index in [0.29, 0.717) is 34.0 Å². The molecule has 3 heterocycles. The Morgan fingerprint density at radius 1 is 0.661 bits per heavy atom. The zero-order chi connectivity index (χ0) is 49.7. The lowest BCUT2D eigenvalue weighted by molar-refractivity contribution is -0.571. The molecule has 1 atom stereocenters. The van der Waals surface area contributed by atoms with Gasteiger partial charge in [0, 0.05) is 24.4 Å². The van der Waals surface area contributed by atoms with Gasteiger partial charge < -0.3 is 4.74 Å². The van der Waals surface area contributed by atoms with Gasteiger partial charge in [-0.15, -0.1) is 0 Å². The van der Waals surface area contributed by atoms with Crippen LogP contribution in [0.2, 0.25) is 0 Å². The van der Waals surface area contributed by atoms with E-state index in [9.17, 15) is 1.37 Å². The predicted molar refractivity (Wildman–Crippen MR) is 241 cm³/mol. The van der Waals surface area contributed by atoms with Crippen molar-refractivity contribution < 1.29 is 24.4 Å². The Morgan fingerprint density at radius 3 is 2.03 bits per heavy atom. The molecule has 5 heteroatoms. The molecule has 10 rings (SSSR count). The number of imidazole rings is 1. The van der Waals surface area contributed by atoms with Gasteiger partial charge in [-0.2, -0.15) is 0 Å². The van der Waals surface area contributed by atoms with E-state index in [2.05, 4.69) is 43.8 Å². The van der Waals surface area contributed by atoms with Crippen LogP contribution in [0.25, 0.3) is 72.3 Å². The van der Waals surface area contributed by atoms with Crippen LogP contribution in [0.1, 0.15) is 54.2 Å². The van der Waals surface area contributed by atoms with Gasteiger partial charge in [0.25, 0.3) is 6.33 Å². The lowest BCUT2D eigenvalue weighted by Crippen LogP contribution is -2.31. The first kappa shape index (κ1) is 25.9. The molecule has 7 aromatic carbocycles. The third kappa shape index (κ3) is 6.55. The van der Waals surface area contributed by atoms with Gasteiger partial charge in [-0.3, -0.25) is 13.7 Å². The molecule has 0 spiro atoms. The van der Waals surface area contributed by atoms with Crippen molar-refractivity contribution in [2.24, 2.45) is 5.41 Å². The Hall–Kier alpha value is -7.24. The average molecular weight is 776 g/mol. The number of benzene rings is 7. The first-order chi connectivity index (χ1) is 33.3. The molecule has 0 saturated heterocycles. The Kier molecular flexibility index (Phi) is 6.41. The zero-order valence-corrected chi connectivity index (χ0v) is 32.8. The summed E-state index contributed by atoms with van der Waals surface area (Å²) in [4.78, 5) is 4.81. The summed E-state index contributed by atoms with van der Waals surface area (Å²) in [5.74, 6) is 0.825. The van der Waals surface area contributed by atoms with Crippen molar-refractivity contribution in [2.75, 3.05) is 0 Å². The van der Waals surface area contributed by atoms with Crippen LogP contribution >= 0.6 is 0 Å². The number of ether oxygens (including phenoxy) is 1. The minimum Gasteiger partial charge on any atom is -0.458 e. The highest BCUT2D eigenvalue weighted by Crippen LogP contribution is 2.39. The molecule has 5 nitrogen and oxygen atoms in total. The van der Waals surface area contributed by atoms with Gasteiger partial charge >= 0.3 is 0 Å². The maximum absolute atomic E-state index is 9.33. The third-order valence-corrected chi connectivity index (χ3v) is 10.9. The number of aromatic nitrogens is 4. The number of fused-ring (bicyclic) bond motifs is 4. The van der Waals surface area contributed by atoms with Crippen molar-refractivity contribution in [3.05, 3.63) is 200 Å². The zero-order valence-electron chi connectivity index (χ0n) is 43.8. The van der Waals surface area contributed by atoms with E-state index in [4.69, 9.17) is 23.4 Å². The van der Waals surface area contributed by atoms with Crippen LogP contribution in [0.15, 0.2) is 188 Å². The van der Waals surface area contributed by atoms with E-state index in [-0.39, 0.29) is 33.4 Å². The quantitative estimate of drug-likeness (QED) is 0.114. The molecular formula is C54H44N4O. The van der Waals surface area contributed by atoms with Crippen LogP contribution in [0.4, 0.5) is 0 Å². The molecule has 0 amide bonds. The summed E-state index contributed by atoms with van der Waals surface area (Å²) in [5, 5.41) is 2.03. The molecule has 59 heavy (non-hydrogen) atoms. The maximum atomic E-state index is 9.33. The van der Waals surface area contributed by atoms with Crippen molar-refractivity contribution >= 4 is 32.8 Å². The van der Waals surface area contributed by atoms with Crippen LogP contribution in [0.3, 0.4) is 0 Å². The molecule has 0 aliphatic heterocycles. The highest BCUT2D eigenvalue weighted by molar-refractivity contribution is 6.09. The molecule has 0 N–H and O–H groups in total. The monoisotopic (exact) mass is 775 g/mol. The SMILES string of the molecule is [2H]c1c([2H])c([2H])c(-c2cccc(-c3c([2H])c([2H])c([2H])c([2H])c3[2H])c2-[n+]2[c-]n(-c3cccc(Oc4ccc5c6ccccc6n(-c6cc(C([2H])(C)C(C)(C)C)ccn6)c5c4)c3)c3ccccc32)c([2H])c1[2H]. The Bertz CT molecular complexity index is 3650. The molecule has 0 saturated carbocycles. The number of para-hydroxylation sites is 4. The van der Waals surface area contributed by atoms with Crippen LogP contribution in [0, 0.1) is 11.7 Å². The first-order valence-corrected chi connectivity index (χ1v) is 19.3. The van der Waals surface area contributed by atoms with Crippen LogP contribution in [-0.2, 0) is 0 Å². The summed E-state index contributed by atoms with van der Waals surface area (Å²) in [6, 6.07) is 32.2. The largest absolute Gasteiger partial charge is 0.458 e. The molecule has 1 unspecified atom stereocenters. The van der Waals surface area contributed by atoms with Crippen molar-refractivity contribution in [1.29, 1.82) is 0 Å². The highest BCUT2D eigenvalue weighted by atomic mass is 16.5.